The van der Waals surface area contributed by atoms with E-state index >= 15 is 0 Å². The molecular weight excluding hydrogens is 444 g/mol. The van der Waals surface area contributed by atoms with E-state index in [0.717, 1.165) is 48.4 Å². The van der Waals surface area contributed by atoms with E-state index in [1.165, 1.54) is 6.42 Å². The second-order valence-corrected chi connectivity index (χ2v) is 10.3. The van der Waals surface area contributed by atoms with Crippen molar-refractivity contribution in [3.8, 4) is 0 Å². The Kier molecular flexibility index (Phi) is 8.00. The first-order valence-corrected chi connectivity index (χ1v) is 12.7. The minimum absolute atomic E-state index is 0.254. The molecule has 0 spiro atoms. The highest BCUT2D eigenvalue weighted by Gasteiger charge is 2.37. The van der Waals surface area contributed by atoms with Crippen LogP contribution < -0.4 is 16.0 Å². The highest BCUT2D eigenvalue weighted by molar-refractivity contribution is 6.01. The van der Waals surface area contributed by atoms with Gasteiger partial charge in [0.1, 0.15) is 24.3 Å². The average Bonchev–Trinajstić information content (AvgIpc) is 3.52. The van der Waals surface area contributed by atoms with Gasteiger partial charge in [0.2, 0.25) is 5.91 Å². The van der Waals surface area contributed by atoms with Crippen LogP contribution in [0.1, 0.15) is 67.4 Å². The van der Waals surface area contributed by atoms with Crippen LogP contribution in [-0.4, -0.2) is 54.5 Å². The zero-order valence-corrected chi connectivity index (χ0v) is 20.4. The SMILES string of the molecule is Cc1cccc2[nH]c(C(=O)N[C@@H](CC3CCCCC3)C(=O)N[C@H](C=O)C[C@@]3(C=O)CCNC3)cc12. The molecule has 2 amide bonds. The number of benzene rings is 1. The third-order valence-electron chi connectivity index (χ3n) is 7.69. The Balaban J connectivity index is 1.48. The second kappa shape index (κ2) is 11.2. The molecule has 1 saturated carbocycles. The van der Waals surface area contributed by atoms with Crippen molar-refractivity contribution in [2.75, 3.05) is 13.1 Å². The summed E-state index contributed by atoms with van der Waals surface area (Å²) in [7, 11) is 0. The number of aldehydes is 2. The smallest absolute Gasteiger partial charge is 0.268 e. The van der Waals surface area contributed by atoms with E-state index in [1.807, 2.05) is 31.2 Å². The lowest BCUT2D eigenvalue weighted by molar-refractivity contribution is -0.127. The number of amides is 2. The van der Waals surface area contributed by atoms with Crippen LogP contribution in [0.25, 0.3) is 10.9 Å². The maximum absolute atomic E-state index is 13.3. The number of hydrogen-bond donors (Lipinski definition) is 4. The number of hydrogen-bond acceptors (Lipinski definition) is 5. The highest BCUT2D eigenvalue weighted by Crippen LogP contribution is 2.29. The van der Waals surface area contributed by atoms with E-state index in [1.54, 1.807) is 0 Å². The maximum Gasteiger partial charge on any atom is 0.268 e. The van der Waals surface area contributed by atoms with Gasteiger partial charge in [0.15, 0.2) is 0 Å². The van der Waals surface area contributed by atoms with Gasteiger partial charge in [-0.2, -0.15) is 0 Å². The van der Waals surface area contributed by atoms with Gasteiger partial charge >= 0.3 is 0 Å². The molecule has 1 saturated heterocycles. The van der Waals surface area contributed by atoms with Gasteiger partial charge in [-0.05, 0) is 56.3 Å². The van der Waals surface area contributed by atoms with E-state index in [0.29, 0.717) is 43.8 Å². The number of aromatic nitrogens is 1. The number of fused-ring (bicyclic) bond motifs is 1. The van der Waals surface area contributed by atoms with Crippen molar-refractivity contribution in [3.63, 3.8) is 0 Å². The average molecular weight is 481 g/mol. The molecule has 1 aromatic heterocycles. The first kappa shape index (κ1) is 25.1. The molecule has 188 valence electrons. The van der Waals surface area contributed by atoms with Crippen LogP contribution in [0.3, 0.4) is 0 Å². The number of aryl methyl sites for hydroxylation is 1. The topological polar surface area (TPSA) is 120 Å². The molecule has 0 unspecified atom stereocenters. The fourth-order valence-electron chi connectivity index (χ4n) is 5.59. The first-order valence-electron chi connectivity index (χ1n) is 12.7. The van der Waals surface area contributed by atoms with Gasteiger partial charge in [-0.25, -0.2) is 0 Å². The monoisotopic (exact) mass is 480 g/mol. The Morgan fingerprint density at radius 3 is 2.63 bits per heavy atom. The second-order valence-electron chi connectivity index (χ2n) is 10.3. The molecule has 4 rings (SSSR count). The summed E-state index contributed by atoms with van der Waals surface area (Å²) in [5, 5.41) is 9.88. The quantitative estimate of drug-likeness (QED) is 0.390. The zero-order valence-electron chi connectivity index (χ0n) is 20.4. The van der Waals surface area contributed by atoms with Crippen LogP contribution in [0.15, 0.2) is 24.3 Å². The molecule has 2 aromatic rings. The largest absolute Gasteiger partial charge is 0.351 e. The predicted octanol–water partition coefficient (Wildman–Crippen LogP) is 2.80. The third kappa shape index (κ3) is 5.99. The lowest BCUT2D eigenvalue weighted by Gasteiger charge is -2.29. The summed E-state index contributed by atoms with van der Waals surface area (Å²) in [5.74, 6) is -0.372. The Morgan fingerprint density at radius 2 is 1.97 bits per heavy atom. The van der Waals surface area contributed by atoms with Gasteiger partial charge in [-0.15, -0.1) is 0 Å². The molecular formula is C27H36N4O4. The van der Waals surface area contributed by atoms with Gasteiger partial charge in [-0.3, -0.25) is 9.59 Å². The van der Waals surface area contributed by atoms with E-state index in [2.05, 4.69) is 20.9 Å². The fraction of sp³-hybridized carbons (Fsp3) is 0.556. The van der Waals surface area contributed by atoms with Crippen LogP contribution in [0.4, 0.5) is 0 Å². The number of aromatic amines is 1. The van der Waals surface area contributed by atoms with Crippen molar-refractivity contribution in [2.24, 2.45) is 11.3 Å². The predicted molar refractivity (Wildman–Crippen MR) is 134 cm³/mol. The van der Waals surface area contributed by atoms with Crippen LogP contribution in [0.5, 0.6) is 0 Å². The van der Waals surface area contributed by atoms with Crippen molar-refractivity contribution in [3.05, 3.63) is 35.5 Å². The molecule has 8 heteroatoms. The summed E-state index contributed by atoms with van der Waals surface area (Å²) in [5.41, 5.74) is 1.69. The minimum atomic E-state index is -0.783. The van der Waals surface area contributed by atoms with E-state index in [-0.39, 0.29) is 18.2 Å². The zero-order chi connectivity index (χ0) is 24.8. The normalized spacial score (nSPS) is 22.4. The van der Waals surface area contributed by atoms with Crippen molar-refractivity contribution in [2.45, 2.75) is 70.4 Å². The summed E-state index contributed by atoms with van der Waals surface area (Å²) in [6.45, 7) is 3.20. The van der Waals surface area contributed by atoms with Crippen molar-refractivity contribution in [1.29, 1.82) is 0 Å². The van der Waals surface area contributed by atoms with Crippen LogP contribution in [0.2, 0.25) is 0 Å². The minimum Gasteiger partial charge on any atom is -0.351 e. The van der Waals surface area contributed by atoms with Gasteiger partial charge in [-0.1, -0.05) is 44.2 Å². The van der Waals surface area contributed by atoms with Crippen molar-refractivity contribution in [1.82, 2.24) is 20.9 Å². The van der Waals surface area contributed by atoms with Gasteiger partial charge in [0.25, 0.3) is 5.91 Å². The first-order chi connectivity index (χ1) is 16.9. The molecule has 35 heavy (non-hydrogen) atoms. The molecule has 0 bridgehead atoms. The molecule has 2 heterocycles. The number of carbonyl (C=O) groups excluding carboxylic acids is 4. The van der Waals surface area contributed by atoms with Crippen LogP contribution in [-0.2, 0) is 14.4 Å². The molecule has 1 aromatic carbocycles. The maximum atomic E-state index is 13.3. The standard InChI is InChI=1S/C27H36N4O4/c1-18-6-5-9-22-21(18)13-24(30-22)26(35)31-23(12-19-7-3-2-4-8-19)25(34)29-20(15-32)14-27(17-33)10-11-28-16-27/h5-6,9,13,15,17,19-20,23,28,30H,2-4,7-8,10-12,14,16H2,1H3,(H,29,34)(H,31,35)/t20-,23-,27-/m0/s1. The third-order valence-corrected chi connectivity index (χ3v) is 7.69. The lowest BCUT2D eigenvalue weighted by Crippen LogP contribution is -2.52. The van der Waals surface area contributed by atoms with E-state index in [9.17, 15) is 19.2 Å². The summed E-state index contributed by atoms with van der Waals surface area (Å²) in [6.07, 6.45) is 8.52. The number of carbonyl (C=O) groups is 4. The summed E-state index contributed by atoms with van der Waals surface area (Å²) >= 11 is 0. The molecule has 0 radical (unpaired) electrons. The van der Waals surface area contributed by atoms with Crippen LogP contribution >= 0.6 is 0 Å². The van der Waals surface area contributed by atoms with E-state index < -0.39 is 17.5 Å². The molecule has 8 nitrogen and oxygen atoms in total. The summed E-state index contributed by atoms with van der Waals surface area (Å²) in [4.78, 5) is 53.2. The van der Waals surface area contributed by atoms with Crippen molar-refractivity contribution >= 4 is 35.3 Å². The Hall–Kier alpha value is -3.00. The molecule has 2 fully saturated rings. The van der Waals surface area contributed by atoms with Gasteiger partial charge < -0.3 is 30.5 Å². The van der Waals surface area contributed by atoms with E-state index in [4.69, 9.17) is 0 Å². The van der Waals surface area contributed by atoms with Gasteiger partial charge in [0.05, 0.1) is 6.04 Å². The summed E-state index contributed by atoms with van der Waals surface area (Å²) in [6, 6.07) is 6.11. The fourth-order valence-corrected chi connectivity index (χ4v) is 5.59. The van der Waals surface area contributed by atoms with Crippen LogP contribution in [0, 0.1) is 18.3 Å². The Labute approximate surface area is 206 Å². The number of rotatable bonds is 10. The molecule has 3 atom stereocenters. The molecule has 1 aliphatic carbocycles. The molecule has 2 aliphatic rings. The molecule has 4 N–H and O–H groups in total. The summed E-state index contributed by atoms with van der Waals surface area (Å²) < 4.78 is 0. The lowest BCUT2D eigenvalue weighted by atomic mass is 9.82. The van der Waals surface area contributed by atoms with Gasteiger partial charge in [0, 0.05) is 22.9 Å². The number of nitrogens with one attached hydrogen (secondary N) is 4. The Bertz CT molecular complexity index is 1070. The number of H-pyrrole nitrogens is 1. The Morgan fingerprint density at radius 1 is 1.17 bits per heavy atom. The molecule has 1 aliphatic heterocycles. The van der Waals surface area contributed by atoms with Crippen molar-refractivity contribution < 1.29 is 19.2 Å². The highest BCUT2D eigenvalue weighted by atomic mass is 16.2.